The van der Waals surface area contributed by atoms with Gasteiger partial charge in [0.05, 0.1) is 5.71 Å². The predicted molar refractivity (Wildman–Crippen MR) is 101 cm³/mol. The average Bonchev–Trinajstić information content (AvgIpc) is 3.28. The van der Waals surface area contributed by atoms with Crippen molar-refractivity contribution >= 4 is 34.3 Å². The summed E-state index contributed by atoms with van der Waals surface area (Å²) in [4.78, 5) is 17.3. The number of nitrogens with zero attached hydrogens (tertiary/aromatic N) is 3. The summed E-state index contributed by atoms with van der Waals surface area (Å²) >= 11 is 1.61. The summed E-state index contributed by atoms with van der Waals surface area (Å²) < 4.78 is 5.82. The first-order valence-electron chi connectivity index (χ1n) is 9.11. The normalized spacial score (nSPS) is 29.5. The van der Waals surface area contributed by atoms with Crippen molar-refractivity contribution in [3.8, 4) is 0 Å². The Bertz CT molecular complexity index is 887. The Morgan fingerprint density at radius 3 is 2.96 bits per heavy atom. The lowest BCUT2D eigenvalue weighted by Gasteiger charge is -2.42. The molecule has 4 heterocycles. The van der Waals surface area contributed by atoms with Crippen molar-refractivity contribution in [3.05, 3.63) is 33.8 Å². The van der Waals surface area contributed by atoms with Crippen molar-refractivity contribution < 1.29 is 9.53 Å². The minimum atomic E-state index is -0.356. The second kappa shape index (κ2) is 6.25. The first kappa shape index (κ1) is 16.1. The molecule has 2 saturated heterocycles. The van der Waals surface area contributed by atoms with Gasteiger partial charge in [-0.1, -0.05) is 6.08 Å². The highest BCUT2D eigenvalue weighted by atomic mass is 32.1. The number of nitrogens with one attached hydrogen (secondary N) is 1. The second-order valence-corrected chi connectivity index (χ2v) is 8.21. The van der Waals surface area contributed by atoms with Crippen LogP contribution in [0.2, 0.25) is 0 Å². The Morgan fingerprint density at radius 2 is 2.27 bits per heavy atom. The van der Waals surface area contributed by atoms with Crippen LogP contribution in [0, 0.1) is 12.8 Å². The minimum Gasteiger partial charge on any atom is -0.456 e. The third-order valence-electron chi connectivity index (χ3n) is 5.54. The number of carbonyl (C=O) groups is 1. The fraction of sp³-hybridized carbons (Fsp3) is 0.474. The fourth-order valence-electron chi connectivity index (χ4n) is 4.14. The van der Waals surface area contributed by atoms with Gasteiger partial charge >= 0.3 is 5.97 Å². The van der Waals surface area contributed by atoms with Crippen molar-refractivity contribution in [2.75, 3.05) is 6.54 Å². The van der Waals surface area contributed by atoms with E-state index < -0.39 is 0 Å². The molecule has 5 aliphatic rings. The summed E-state index contributed by atoms with van der Waals surface area (Å²) in [5.41, 5.74) is 3.98. The molecule has 1 saturated carbocycles. The van der Waals surface area contributed by atoms with Gasteiger partial charge in [-0.3, -0.25) is 0 Å². The number of hydrogen-bond acceptors (Lipinski definition) is 7. The van der Waals surface area contributed by atoms with Gasteiger partial charge in [0, 0.05) is 34.7 Å². The van der Waals surface area contributed by atoms with Gasteiger partial charge in [-0.2, -0.15) is 5.10 Å². The Kier molecular flexibility index (Phi) is 3.86. The fourth-order valence-corrected chi connectivity index (χ4v) is 4.95. The number of ether oxygens (including phenoxy) is 1. The lowest BCUT2D eigenvalue weighted by molar-refractivity contribution is -0.146. The number of aryl methyl sites for hydroxylation is 1. The maximum absolute atomic E-state index is 12.8. The largest absolute Gasteiger partial charge is 0.456 e. The lowest BCUT2D eigenvalue weighted by atomic mass is 9.79. The molecule has 0 aromatic carbocycles. The van der Waals surface area contributed by atoms with E-state index >= 15 is 0 Å². The van der Waals surface area contributed by atoms with Crippen LogP contribution in [0.25, 0.3) is 5.57 Å². The predicted octanol–water partition coefficient (Wildman–Crippen LogP) is 2.66. The van der Waals surface area contributed by atoms with Gasteiger partial charge in [0.2, 0.25) is 0 Å². The molecule has 26 heavy (non-hydrogen) atoms. The highest BCUT2D eigenvalue weighted by molar-refractivity contribution is 7.10. The number of hydrogen-bond donors (Lipinski definition) is 1. The van der Waals surface area contributed by atoms with E-state index in [4.69, 9.17) is 4.74 Å². The second-order valence-electron chi connectivity index (χ2n) is 7.35. The van der Waals surface area contributed by atoms with Gasteiger partial charge in [-0.05, 0) is 44.7 Å². The zero-order chi connectivity index (χ0) is 17.7. The number of allylic oxidation sites excluding steroid dienone is 3. The van der Waals surface area contributed by atoms with Crippen molar-refractivity contribution in [2.24, 2.45) is 16.1 Å². The molecule has 7 heteroatoms. The lowest BCUT2D eigenvalue weighted by Crippen LogP contribution is -2.54. The molecule has 6 nitrogen and oxygen atoms in total. The summed E-state index contributed by atoms with van der Waals surface area (Å²) in [6, 6.07) is 0.278. The Hall–Kier alpha value is -2.12. The SMILES string of the molecule is Cc1csc(C2=CCC3=NN=C(C(=O)OC4CC5CCC4NC5)C3=C2)n1. The quantitative estimate of drug-likeness (QED) is 0.832. The standard InChI is InChI=1S/C19H20N4O2S/c1-10-9-26-18(21-10)12-3-5-14-13(7-12)17(23-22-14)19(24)25-16-6-11-2-4-15(16)20-8-11/h3,7,9,11,15-16,20H,2,4-6,8H2,1H3. The number of rotatable bonds is 3. The van der Waals surface area contributed by atoms with E-state index in [1.807, 2.05) is 18.4 Å². The Morgan fingerprint density at radius 1 is 1.35 bits per heavy atom. The van der Waals surface area contributed by atoms with E-state index in [-0.39, 0.29) is 18.1 Å². The summed E-state index contributed by atoms with van der Waals surface area (Å²) in [5.74, 6) is 0.262. The van der Waals surface area contributed by atoms with Gasteiger partial charge in [0.25, 0.3) is 0 Å². The van der Waals surface area contributed by atoms with Gasteiger partial charge < -0.3 is 10.1 Å². The van der Waals surface area contributed by atoms with E-state index in [9.17, 15) is 4.79 Å². The van der Waals surface area contributed by atoms with Crippen LogP contribution in [0.5, 0.6) is 0 Å². The van der Waals surface area contributed by atoms with E-state index in [0.29, 0.717) is 18.1 Å². The molecular weight excluding hydrogens is 348 g/mol. The maximum atomic E-state index is 12.8. The van der Waals surface area contributed by atoms with Crippen LogP contribution in [0.15, 0.2) is 33.3 Å². The van der Waals surface area contributed by atoms with Crippen LogP contribution in [-0.4, -0.2) is 41.1 Å². The van der Waals surface area contributed by atoms with Crippen LogP contribution in [0.1, 0.15) is 36.4 Å². The van der Waals surface area contributed by atoms with Gasteiger partial charge in [-0.25, -0.2) is 9.78 Å². The van der Waals surface area contributed by atoms with Crippen molar-refractivity contribution in [2.45, 2.75) is 44.8 Å². The summed E-state index contributed by atoms with van der Waals surface area (Å²) in [6.45, 7) is 3.02. The summed E-state index contributed by atoms with van der Waals surface area (Å²) in [6.07, 6.45) is 7.93. The van der Waals surface area contributed by atoms with Crippen molar-refractivity contribution in [1.29, 1.82) is 0 Å². The number of fused-ring (bicyclic) bond motifs is 4. The highest BCUT2D eigenvalue weighted by Gasteiger charge is 2.39. The highest BCUT2D eigenvalue weighted by Crippen LogP contribution is 2.33. The van der Waals surface area contributed by atoms with Crippen LogP contribution < -0.4 is 5.32 Å². The molecule has 1 aromatic rings. The number of esters is 1. The molecule has 3 aliphatic heterocycles. The molecule has 1 aromatic heterocycles. The first-order valence-corrected chi connectivity index (χ1v) is 9.99. The molecular formula is C19H20N4O2S. The molecule has 0 spiro atoms. The topological polar surface area (TPSA) is 75.9 Å². The van der Waals surface area contributed by atoms with E-state index in [2.05, 4.69) is 26.6 Å². The maximum Gasteiger partial charge on any atom is 0.359 e. The van der Waals surface area contributed by atoms with Crippen LogP contribution >= 0.6 is 11.3 Å². The first-order chi connectivity index (χ1) is 12.7. The Labute approximate surface area is 155 Å². The van der Waals surface area contributed by atoms with E-state index in [0.717, 1.165) is 46.9 Å². The molecule has 0 radical (unpaired) electrons. The zero-order valence-electron chi connectivity index (χ0n) is 14.6. The molecule has 134 valence electrons. The third kappa shape index (κ3) is 2.75. The molecule has 0 amide bonds. The monoisotopic (exact) mass is 368 g/mol. The summed E-state index contributed by atoms with van der Waals surface area (Å²) in [7, 11) is 0. The van der Waals surface area contributed by atoms with Crippen LogP contribution in [0.3, 0.4) is 0 Å². The van der Waals surface area contributed by atoms with Gasteiger partial charge in [0.15, 0.2) is 5.71 Å². The number of aromatic nitrogens is 1. The van der Waals surface area contributed by atoms with E-state index in [1.165, 1.54) is 6.42 Å². The van der Waals surface area contributed by atoms with Gasteiger partial charge in [-0.15, -0.1) is 16.4 Å². The molecule has 3 unspecified atom stereocenters. The molecule has 3 fully saturated rings. The zero-order valence-corrected chi connectivity index (χ0v) is 15.4. The molecule has 1 N–H and O–H groups in total. The number of thiazole rings is 1. The molecule has 2 bridgehead atoms. The molecule has 3 atom stereocenters. The number of piperidine rings is 2. The molecule has 6 rings (SSSR count). The number of carbonyl (C=O) groups excluding carboxylic acids is 1. The summed E-state index contributed by atoms with van der Waals surface area (Å²) in [5, 5.41) is 14.8. The average molecular weight is 368 g/mol. The third-order valence-corrected chi connectivity index (χ3v) is 6.55. The Balaban J connectivity index is 1.34. The van der Waals surface area contributed by atoms with Crippen molar-refractivity contribution in [1.82, 2.24) is 10.3 Å². The van der Waals surface area contributed by atoms with E-state index in [1.54, 1.807) is 11.3 Å². The van der Waals surface area contributed by atoms with Gasteiger partial charge in [0.1, 0.15) is 11.1 Å². The van der Waals surface area contributed by atoms with Crippen LogP contribution in [0.4, 0.5) is 0 Å². The minimum absolute atomic E-state index is 0.0532. The molecule has 2 aliphatic carbocycles. The van der Waals surface area contributed by atoms with Crippen molar-refractivity contribution in [3.63, 3.8) is 0 Å². The van der Waals surface area contributed by atoms with Crippen LogP contribution in [-0.2, 0) is 9.53 Å². The smallest absolute Gasteiger partial charge is 0.359 e.